The van der Waals surface area contributed by atoms with Crippen LogP contribution in [0, 0.1) is 5.41 Å². The van der Waals surface area contributed by atoms with Crippen LogP contribution in [0.2, 0.25) is 8.86 Å². The molecular weight excluding hydrogens is 462 g/mol. The van der Waals surface area contributed by atoms with Crippen LogP contribution in [0.15, 0.2) is 20.0 Å². The van der Waals surface area contributed by atoms with Crippen LogP contribution in [0.25, 0.3) is 0 Å². The van der Waals surface area contributed by atoms with Gasteiger partial charge < -0.3 is 0 Å². The number of hydrogen-bond donors (Lipinski definition) is 0. The second kappa shape index (κ2) is 6.50. The van der Waals surface area contributed by atoms with E-state index in [0.717, 1.165) is 0 Å². The van der Waals surface area contributed by atoms with Crippen LogP contribution in [-0.2, 0) is 19.4 Å². The van der Waals surface area contributed by atoms with Gasteiger partial charge in [-0.25, -0.2) is 0 Å². The van der Waals surface area contributed by atoms with Crippen molar-refractivity contribution in [3.63, 3.8) is 0 Å². The van der Waals surface area contributed by atoms with Gasteiger partial charge in [0.25, 0.3) is 0 Å². The molecule has 0 amide bonds. The normalized spacial score (nSPS) is 22.2. The van der Waals surface area contributed by atoms with Crippen molar-refractivity contribution in [2.45, 2.75) is 102 Å². The van der Waals surface area contributed by atoms with Gasteiger partial charge in [0.15, 0.2) is 0 Å². The molecule has 0 heterocycles. The van der Waals surface area contributed by atoms with E-state index < -0.39 is 19.4 Å². The Morgan fingerprint density at radius 3 is 1.48 bits per heavy atom. The maximum atomic E-state index is 2.79. The molecule has 0 saturated carbocycles. The summed E-state index contributed by atoms with van der Waals surface area (Å²) in [5.74, 6) is 0. The summed E-state index contributed by atoms with van der Waals surface area (Å²) in [7, 11) is 0. The van der Waals surface area contributed by atoms with Gasteiger partial charge in [0, 0.05) is 0 Å². The third kappa shape index (κ3) is 3.67. The molecule has 0 aromatic rings. The van der Waals surface area contributed by atoms with Gasteiger partial charge in [-0.15, -0.1) is 0 Å². The molecule has 23 heavy (non-hydrogen) atoms. The quantitative estimate of drug-likeness (QED) is 0.269. The van der Waals surface area contributed by atoms with E-state index in [0.29, 0.717) is 10.3 Å². The summed E-state index contributed by atoms with van der Waals surface area (Å²) in [4.78, 5) is 0. The molecule has 0 aliphatic heterocycles. The van der Waals surface area contributed by atoms with E-state index in [-0.39, 0.29) is 10.7 Å². The molecule has 0 saturated heterocycles. The van der Waals surface area contributed by atoms with E-state index in [2.05, 4.69) is 87.8 Å². The van der Waals surface area contributed by atoms with Crippen molar-refractivity contribution in [1.29, 1.82) is 0 Å². The van der Waals surface area contributed by atoms with Crippen molar-refractivity contribution < 1.29 is 19.4 Å². The van der Waals surface area contributed by atoms with Crippen LogP contribution in [0.3, 0.4) is 0 Å². The SMILES string of the molecule is C[CH2][Hf]([CH3])([C]1=C(C)C(C)=C(C)C1(C)C)[P](C(C)(C)C)C(C)(C)C. The van der Waals surface area contributed by atoms with E-state index >= 15 is 0 Å². The topological polar surface area (TPSA) is 0 Å². The Labute approximate surface area is 151 Å². The summed E-state index contributed by atoms with van der Waals surface area (Å²) >= 11 is -2.68. The summed E-state index contributed by atoms with van der Waals surface area (Å²) in [6.07, 6.45) is 0. The van der Waals surface area contributed by atoms with Crippen LogP contribution in [-0.4, -0.2) is 10.3 Å². The Balaban J connectivity index is 3.70. The van der Waals surface area contributed by atoms with E-state index in [1.807, 2.05) is 3.33 Å². The molecule has 0 aromatic carbocycles. The third-order valence-corrected chi connectivity index (χ3v) is 51.7. The fourth-order valence-electron chi connectivity index (χ4n) is 5.60. The minimum atomic E-state index is -2.68. The number of rotatable bonds is 3. The van der Waals surface area contributed by atoms with Crippen LogP contribution < -0.4 is 0 Å². The summed E-state index contributed by atoms with van der Waals surface area (Å²) in [6.45, 7) is 29.8. The van der Waals surface area contributed by atoms with Crippen LogP contribution in [0.5, 0.6) is 0 Å². The second-order valence-corrected chi connectivity index (χ2v) is 39.9. The average molecular weight is 503 g/mol. The predicted molar refractivity (Wildman–Crippen MR) is 108 cm³/mol. The zero-order valence-electron chi connectivity index (χ0n) is 18.2. The Kier molecular flexibility index (Phi) is 6.17. The van der Waals surface area contributed by atoms with Crippen molar-refractivity contribution in [2.24, 2.45) is 5.41 Å². The van der Waals surface area contributed by atoms with E-state index in [1.54, 1.807) is 16.7 Å². The Morgan fingerprint density at radius 1 is 0.870 bits per heavy atom. The van der Waals surface area contributed by atoms with E-state index in [4.69, 9.17) is 0 Å². The van der Waals surface area contributed by atoms with Crippen LogP contribution >= 0.6 is 5.27 Å². The third-order valence-electron chi connectivity index (χ3n) is 6.12. The van der Waals surface area contributed by atoms with Gasteiger partial charge >= 0.3 is 152 Å². The van der Waals surface area contributed by atoms with Gasteiger partial charge in [-0.2, -0.15) is 0 Å². The molecule has 0 fully saturated rings. The first-order chi connectivity index (χ1) is 10.0. The summed E-state index contributed by atoms with van der Waals surface area (Å²) in [5, 5.41) is 0.891. The van der Waals surface area contributed by atoms with Gasteiger partial charge in [0.05, 0.1) is 0 Å². The van der Waals surface area contributed by atoms with Gasteiger partial charge in [0.1, 0.15) is 0 Å². The van der Waals surface area contributed by atoms with Crippen LogP contribution in [0.4, 0.5) is 0 Å². The Morgan fingerprint density at radius 2 is 1.26 bits per heavy atom. The zero-order valence-corrected chi connectivity index (χ0v) is 22.6. The maximum absolute atomic E-state index is 2.79. The van der Waals surface area contributed by atoms with Gasteiger partial charge in [-0.3, -0.25) is 0 Å². The molecule has 134 valence electrons. The van der Waals surface area contributed by atoms with Crippen molar-refractivity contribution in [3.05, 3.63) is 20.0 Å². The zero-order chi connectivity index (χ0) is 18.6. The first kappa shape index (κ1) is 21.8. The molecule has 1 rings (SSSR count). The molecule has 1 atom stereocenters. The second-order valence-electron chi connectivity index (χ2n) is 10.2. The molecule has 0 aromatic heterocycles. The van der Waals surface area contributed by atoms with E-state index in [9.17, 15) is 0 Å². The summed E-state index contributed by atoms with van der Waals surface area (Å²) in [6, 6.07) is 0. The molecule has 1 aliphatic rings. The minimum absolute atomic E-state index is 0.0152. The molecule has 0 spiro atoms. The molecule has 0 N–H and O–H groups in total. The predicted octanol–water partition coefficient (Wildman–Crippen LogP) is 8.27. The Hall–Kier alpha value is 0.780. The summed E-state index contributed by atoms with van der Waals surface area (Å²) in [5.41, 5.74) is 5.17. The van der Waals surface area contributed by atoms with Crippen molar-refractivity contribution in [3.8, 4) is 0 Å². The molecule has 2 heteroatoms. The molecule has 1 unspecified atom stereocenters. The van der Waals surface area contributed by atoms with Crippen molar-refractivity contribution in [1.82, 2.24) is 0 Å². The fraction of sp³-hybridized carbons (Fsp3) is 0.810. The van der Waals surface area contributed by atoms with E-state index in [1.165, 1.54) is 4.18 Å². The molecule has 0 nitrogen and oxygen atoms in total. The molecular formula is C21H41HfP. The molecule has 0 bridgehead atoms. The average Bonchev–Trinajstić information content (AvgIpc) is 2.46. The van der Waals surface area contributed by atoms with Gasteiger partial charge in [-0.1, -0.05) is 0 Å². The molecule has 0 radical (unpaired) electrons. The monoisotopic (exact) mass is 504 g/mol. The Bertz CT molecular complexity index is 523. The van der Waals surface area contributed by atoms with Crippen molar-refractivity contribution >= 4 is 5.27 Å². The van der Waals surface area contributed by atoms with Gasteiger partial charge in [-0.05, 0) is 0 Å². The van der Waals surface area contributed by atoms with Gasteiger partial charge in [0.2, 0.25) is 0 Å². The standard InChI is InChI=1S/C10H15.C8H18P.C2H5.CH3.Hf/c1-7-6-10(4,5)9(3)8(7)2;1-7(2,3)9-8(4,5)6;1-2;;/h1-5H3;1-6H3;1H2,2H3;1H3;/q;-1;;;+1. The first-order valence-electron chi connectivity index (χ1n) is 9.23. The van der Waals surface area contributed by atoms with Crippen LogP contribution in [0.1, 0.15) is 83.1 Å². The first-order valence-corrected chi connectivity index (χ1v) is 23.3. The number of hydrogen-bond acceptors (Lipinski definition) is 0. The summed E-state index contributed by atoms with van der Waals surface area (Å²) < 4.78 is 6.18. The fourth-order valence-corrected chi connectivity index (χ4v) is 62.9. The molecule has 1 aliphatic carbocycles. The van der Waals surface area contributed by atoms with Crippen molar-refractivity contribution in [2.75, 3.05) is 0 Å². The number of allylic oxidation sites excluding steroid dienone is 4.